The van der Waals surface area contributed by atoms with Crippen LogP contribution in [-0.2, 0) is 9.59 Å². The van der Waals surface area contributed by atoms with Crippen molar-refractivity contribution in [2.45, 2.75) is 19.9 Å². The third kappa shape index (κ3) is 4.70. The molecular formula is C19H18BrN3O3S. The molecule has 27 heavy (non-hydrogen) atoms. The van der Waals surface area contributed by atoms with Crippen LogP contribution in [0.1, 0.15) is 25.5 Å². The summed E-state index contributed by atoms with van der Waals surface area (Å²) in [6.07, 6.45) is 5.52. The van der Waals surface area contributed by atoms with Gasteiger partial charge in [-0.15, -0.1) is 0 Å². The maximum absolute atomic E-state index is 12.5. The number of benzene rings is 1. The van der Waals surface area contributed by atoms with E-state index in [4.69, 9.17) is 0 Å². The summed E-state index contributed by atoms with van der Waals surface area (Å²) < 4.78 is 2.91. The molecule has 3 amide bonds. The van der Waals surface area contributed by atoms with Crippen molar-refractivity contribution in [1.82, 2.24) is 9.47 Å². The van der Waals surface area contributed by atoms with E-state index in [1.54, 1.807) is 30.3 Å². The van der Waals surface area contributed by atoms with Gasteiger partial charge >= 0.3 is 0 Å². The molecule has 1 aliphatic rings. The van der Waals surface area contributed by atoms with Gasteiger partial charge in [0.25, 0.3) is 11.1 Å². The smallest absolute Gasteiger partial charge is 0.294 e. The first-order valence-corrected chi connectivity index (χ1v) is 9.92. The van der Waals surface area contributed by atoms with Gasteiger partial charge in [-0.1, -0.05) is 15.9 Å². The molecule has 2 heterocycles. The fraction of sp³-hybridized carbons (Fsp3) is 0.211. The highest BCUT2D eigenvalue weighted by molar-refractivity contribution is 9.10. The lowest BCUT2D eigenvalue weighted by molar-refractivity contribution is -0.127. The van der Waals surface area contributed by atoms with Crippen molar-refractivity contribution in [3.05, 3.63) is 57.7 Å². The van der Waals surface area contributed by atoms with Gasteiger partial charge in [0.05, 0.1) is 4.91 Å². The quantitative estimate of drug-likeness (QED) is 0.684. The van der Waals surface area contributed by atoms with Gasteiger partial charge in [-0.05, 0) is 67.6 Å². The number of nitrogens with zero attached hydrogens (tertiary/aromatic N) is 2. The molecule has 2 aromatic rings. The summed E-state index contributed by atoms with van der Waals surface area (Å²) in [6, 6.07) is 9.24. The van der Waals surface area contributed by atoms with Crippen molar-refractivity contribution < 1.29 is 14.4 Å². The average Bonchev–Trinajstić information content (AvgIpc) is 3.18. The number of carbonyl (C=O) groups is 3. The Kier molecular flexibility index (Phi) is 5.86. The van der Waals surface area contributed by atoms with Gasteiger partial charge < -0.3 is 9.88 Å². The lowest BCUT2D eigenvalue weighted by Gasteiger charge is -2.12. The minimum Gasteiger partial charge on any atom is -0.351 e. The molecule has 1 aliphatic heterocycles. The van der Waals surface area contributed by atoms with Crippen LogP contribution >= 0.6 is 27.7 Å². The molecule has 3 rings (SSSR count). The molecule has 0 saturated carbocycles. The summed E-state index contributed by atoms with van der Waals surface area (Å²) in [7, 11) is 0. The van der Waals surface area contributed by atoms with Crippen molar-refractivity contribution in [1.29, 1.82) is 0 Å². The number of nitrogens with one attached hydrogen (secondary N) is 1. The number of aromatic nitrogens is 1. The van der Waals surface area contributed by atoms with Gasteiger partial charge in [0.1, 0.15) is 6.54 Å². The normalized spacial score (nSPS) is 15.9. The lowest BCUT2D eigenvalue weighted by atomic mass is 10.3. The highest BCUT2D eigenvalue weighted by atomic mass is 79.9. The van der Waals surface area contributed by atoms with Crippen LogP contribution in [0.15, 0.2) is 52.1 Å². The Morgan fingerprint density at radius 1 is 1.22 bits per heavy atom. The number of imide groups is 1. The van der Waals surface area contributed by atoms with Gasteiger partial charge in [-0.25, -0.2) is 0 Å². The van der Waals surface area contributed by atoms with Crippen LogP contribution < -0.4 is 5.32 Å². The predicted octanol–water partition coefficient (Wildman–Crippen LogP) is 4.51. The fourth-order valence-corrected chi connectivity index (χ4v) is 3.60. The Balaban J connectivity index is 1.67. The molecule has 6 nitrogen and oxygen atoms in total. The fourth-order valence-electron chi connectivity index (χ4n) is 2.50. The highest BCUT2D eigenvalue weighted by Gasteiger charge is 2.36. The van der Waals surface area contributed by atoms with Crippen molar-refractivity contribution in [2.24, 2.45) is 0 Å². The molecule has 1 aromatic heterocycles. The maximum Gasteiger partial charge on any atom is 0.294 e. The summed E-state index contributed by atoms with van der Waals surface area (Å²) in [5.41, 5.74) is 1.44. The Morgan fingerprint density at radius 3 is 2.56 bits per heavy atom. The van der Waals surface area contributed by atoms with Crippen molar-refractivity contribution in [2.75, 3.05) is 11.9 Å². The number of hydrogen-bond donors (Lipinski definition) is 1. The second-order valence-corrected chi connectivity index (χ2v) is 8.22. The van der Waals surface area contributed by atoms with E-state index < -0.39 is 17.1 Å². The molecule has 8 heteroatoms. The van der Waals surface area contributed by atoms with E-state index in [0.29, 0.717) is 16.6 Å². The monoisotopic (exact) mass is 447 g/mol. The first-order valence-electron chi connectivity index (χ1n) is 8.32. The second-order valence-electron chi connectivity index (χ2n) is 6.31. The second kappa shape index (κ2) is 8.14. The standard InChI is InChI=1S/C19H18BrN3O3S/c1-12(2)22-8-7-13(10-22)9-16-18(25)23(19(26)27-16)11-17(24)21-15-5-3-14(20)4-6-15/h3-10,12H,11H2,1-2H3,(H,21,24)/b16-9+. The lowest BCUT2D eigenvalue weighted by Crippen LogP contribution is -2.36. The number of rotatable bonds is 5. The Morgan fingerprint density at radius 2 is 1.93 bits per heavy atom. The zero-order valence-corrected chi connectivity index (χ0v) is 17.2. The van der Waals surface area contributed by atoms with E-state index in [2.05, 4.69) is 35.1 Å². The first-order chi connectivity index (χ1) is 12.8. The number of hydrogen-bond acceptors (Lipinski definition) is 4. The highest BCUT2D eigenvalue weighted by Crippen LogP contribution is 2.32. The Hall–Kier alpha value is -2.32. The van der Waals surface area contributed by atoms with Crippen molar-refractivity contribution in [3.63, 3.8) is 0 Å². The molecule has 0 bridgehead atoms. The molecule has 0 aliphatic carbocycles. The Labute approximate surface area is 169 Å². The summed E-state index contributed by atoms with van der Waals surface area (Å²) in [6.45, 7) is 3.80. The molecule has 1 fully saturated rings. The number of carbonyl (C=O) groups excluding carboxylic acids is 3. The minimum atomic E-state index is -0.451. The van der Waals surface area contributed by atoms with Crippen LogP contribution in [0.3, 0.4) is 0 Å². The Bertz CT molecular complexity index is 919. The minimum absolute atomic E-state index is 0.310. The third-order valence-corrected chi connectivity index (χ3v) is 5.37. The van der Waals surface area contributed by atoms with Gasteiger partial charge in [-0.2, -0.15) is 0 Å². The summed E-state index contributed by atoms with van der Waals surface area (Å²) in [5, 5.41) is 2.24. The molecule has 1 aromatic carbocycles. The molecule has 1 saturated heterocycles. The van der Waals surface area contributed by atoms with Crippen LogP contribution in [0, 0.1) is 0 Å². The number of thioether (sulfide) groups is 1. The van der Waals surface area contributed by atoms with Crippen LogP contribution in [0.2, 0.25) is 0 Å². The predicted molar refractivity (Wildman–Crippen MR) is 110 cm³/mol. The largest absolute Gasteiger partial charge is 0.351 e. The van der Waals surface area contributed by atoms with E-state index in [-0.39, 0.29) is 6.54 Å². The molecule has 0 unspecified atom stereocenters. The zero-order valence-electron chi connectivity index (χ0n) is 14.8. The summed E-state index contributed by atoms with van der Waals surface area (Å²) in [5.74, 6) is -0.875. The number of amides is 3. The number of halogens is 1. The third-order valence-electron chi connectivity index (χ3n) is 3.93. The molecule has 1 N–H and O–H groups in total. The van der Waals surface area contributed by atoms with E-state index in [1.165, 1.54) is 0 Å². The molecule has 140 valence electrons. The van der Waals surface area contributed by atoms with Gasteiger partial charge in [-0.3, -0.25) is 19.3 Å². The van der Waals surface area contributed by atoms with Crippen LogP contribution in [-0.4, -0.2) is 33.1 Å². The maximum atomic E-state index is 12.5. The molecule has 0 spiro atoms. The van der Waals surface area contributed by atoms with E-state index in [9.17, 15) is 14.4 Å². The molecular weight excluding hydrogens is 430 g/mol. The zero-order chi connectivity index (χ0) is 19.6. The summed E-state index contributed by atoms with van der Waals surface area (Å²) in [4.78, 5) is 38.2. The topological polar surface area (TPSA) is 71.4 Å². The van der Waals surface area contributed by atoms with Gasteiger partial charge in [0, 0.05) is 28.6 Å². The number of anilines is 1. The van der Waals surface area contributed by atoms with Crippen LogP contribution in [0.25, 0.3) is 6.08 Å². The average molecular weight is 448 g/mol. The SMILES string of the molecule is CC(C)n1ccc(/C=C2/SC(=O)N(CC(=O)Nc3ccc(Br)cc3)C2=O)c1. The summed E-state index contributed by atoms with van der Waals surface area (Å²) >= 11 is 4.17. The van der Waals surface area contributed by atoms with Crippen molar-refractivity contribution in [3.8, 4) is 0 Å². The van der Waals surface area contributed by atoms with Crippen molar-refractivity contribution >= 4 is 56.5 Å². The van der Waals surface area contributed by atoms with E-state index in [0.717, 1.165) is 26.7 Å². The molecule has 0 radical (unpaired) electrons. The van der Waals surface area contributed by atoms with E-state index >= 15 is 0 Å². The van der Waals surface area contributed by atoms with E-state index in [1.807, 2.05) is 23.0 Å². The van der Waals surface area contributed by atoms with Gasteiger partial charge in [0.15, 0.2) is 0 Å². The first kappa shape index (κ1) is 19.4. The van der Waals surface area contributed by atoms with Gasteiger partial charge in [0.2, 0.25) is 5.91 Å². The van der Waals surface area contributed by atoms with Crippen LogP contribution in [0.4, 0.5) is 10.5 Å². The van der Waals surface area contributed by atoms with Crippen LogP contribution in [0.5, 0.6) is 0 Å². The molecule has 0 atom stereocenters.